The number of aromatic nitrogens is 1. The van der Waals surface area contributed by atoms with Crippen LogP contribution in [-0.4, -0.2) is 0 Å². The van der Waals surface area contributed by atoms with Gasteiger partial charge in [-0.05, 0) is 54.9 Å². The first kappa shape index (κ1) is 19.4. The highest BCUT2D eigenvalue weighted by molar-refractivity contribution is 5.63. The van der Waals surface area contributed by atoms with Crippen LogP contribution in [0.5, 0.6) is 0 Å². The van der Waals surface area contributed by atoms with Crippen LogP contribution in [0.15, 0.2) is 79.1 Å². The van der Waals surface area contributed by atoms with Gasteiger partial charge in [0.15, 0.2) is 12.4 Å². The summed E-state index contributed by atoms with van der Waals surface area (Å²) in [6.45, 7) is 3.39. The van der Waals surface area contributed by atoms with Gasteiger partial charge in [-0.15, -0.1) is 0 Å². The molecule has 2 aromatic carbocycles. The molecule has 0 radical (unpaired) electrons. The van der Waals surface area contributed by atoms with Gasteiger partial charge in [0.2, 0.25) is 0 Å². The number of hydrogen-bond acceptors (Lipinski definition) is 0. The standard InChI is InChI=1S/C26H32N/c1-2-3-11-24-13-10-21-27(22-24)20-9-5-6-12-23-16-18-26(19-17-23)25-14-7-4-8-15-25/h4,7-8,10,13-19,21-22H,2-3,5-6,9,11-12,20H2,1H3/q+1. The van der Waals surface area contributed by atoms with Crippen LogP contribution in [0.1, 0.15) is 50.2 Å². The Morgan fingerprint density at radius 3 is 2.15 bits per heavy atom. The van der Waals surface area contributed by atoms with Crippen molar-refractivity contribution in [3.05, 3.63) is 90.3 Å². The van der Waals surface area contributed by atoms with E-state index < -0.39 is 0 Å². The Morgan fingerprint density at radius 2 is 1.37 bits per heavy atom. The number of pyridine rings is 1. The van der Waals surface area contributed by atoms with E-state index in [1.165, 1.54) is 67.2 Å². The van der Waals surface area contributed by atoms with Crippen molar-refractivity contribution in [2.45, 2.75) is 58.4 Å². The van der Waals surface area contributed by atoms with Gasteiger partial charge in [-0.3, -0.25) is 0 Å². The number of aryl methyl sites for hydroxylation is 3. The predicted molar refractivity (Wildman–Crippen MR) is 115 cm³/mol. The first-order valence-electron chi connectivity index (χ1n) is 10.5. The van der Waals surface area contributed by atoms with Crippen LogP contribution in [0.2, 0.25) is 0 Å². The third-order valence-electron chi connectivity index (χ3n) is 5.18. The summed E-state index contributed by atoms with van der Waals surface area (Å²) in [4.78, 5) is 0. The molecule has 0 aliphatic carbocycles. The molecule has 0 atom stereocenters. The maximum Gasteiger partial charge on any atom is 0.171 e. The van der Waals surface area contributed by atoms with Crippen molar-refractivity contribution in [2.75, 3.05) is 0 Å². The molecule has 0 unspecified atom stereocenters. The molecule has 1 heterocycles. The van der Waals surface area contributed by atoms with Crippen LogP contribution in [0, 0.1) is 0 Å². The molecule has 27 heavy (non-hydrogen) atoms. The summed E-state index contributed by atoms with van der Waals surface area (Å²) in [6.07, 6.45) is 13.3. The SMILES string of the molecule is CCCCc1ccc[n+](CCCCCc2ccc(-c3ccccc3)cc2)c1. The van der Waals surface area contributed by atoms with E-state index in [0.717, 1.165) is 6.54 Å². The molecule has 3 rings (SSSR count). The predicted octanol–water partition coefficient (Wildman–Crippen LogP) is 6.40. The minimum absolute atomic E-state index is 1.13. The van der Waals surface area contributed by atoms with Crippen molar-refractivity contribution in [3.8, 4) is 11.1 Å². The normalized spacial score (nSPS) is 10.9. The molecule has 3 aromatic rings. The highest BCUT2D eigenvalue weighted by Crippen LogP contribution is 2.20. The molecule has 0 bridgehead atoms. The van der Waals surface area contributed by atoms with Crippen LogP contribution >= 0.6 is 0 Å². The van der Waals surface area contributed by atoms with Crippen molar-refractivity contribution < 1.29 is 4.57 Å². The van der Waals surface area contributed by atoms with Crippen LogP contribution in [0.25, 0.3) is 11.1 Å². The van der Waals surface area contributed by atoms with E-state index in [2.05, 4.69) is 90.6 Å². The lowest BCUT2D eigenvalue weighted by Gasteiger charge is -2.05. The van der Waals surface area contributed by atoms with E-state index in [1.807, 2.05) is 0 Å². The van der Waals surface area contributed by atoms with Crippen LogP contribution in [0.4, 0.5) is 0 Å². The second-order valence-electron chi connectivity index (χ2n) is 7.43. The molecule has 1 aromatic heterocycles. The van der Waals surface area contributed by atoms with Gasteiger partial charge in [0.1, 0.15) is 6.54 Å². The first-order valence-corrected chi connectivity index (χ1v) is 10.5. The molecule has 140 valence electrons. The average Bonchev–Trinajstić information content (AvgIpc) is 2.73. The number of benzene rings is 2. The summed E-state index contributed by atoms with van der Waals surface area (Å²) in [5.74, 6) is 0. The largest absolute Gasteiger partial charge is 0.205 e. The average molecular weight is 359 g/mol. The summed E-state index contributed by atoms with van der Waals surface area (Å²) < 4.78 is 2.36. The molecule has 0 saturated carbocycles. The number of unbranched alkanes of at least 4 members (excludes halogenated alkanes) is 3. The second-order valence-corrected chi connectivity index (χ2v) is 7.43. The molecule has 1 heteroatoms. The summed E-state index contributed by atoms with van der Waals surface area (Å²) in [6, 6.07) is 24.1. The maximum atomic E-state index is 2.36. The van der Waals surface area contributed by atoms with Crippen LogP contribution in [0.3, 0.4) is 0 Å². The third kappa shape index (κ3) is 6.36. The monoisotopic (exact) mass is 358 g/mol. The Labute approximate surface area is 164 Å². The topological polar surface area (TPSA) is 3.88 Å². The number of hydrogen-bond donors (Lipinski definition) is 0. The molecule has 0 aliphatic heterocycles. The summed E-state index contributed by atoms with van der Waals surface area (Å²) >= 11 is 0. The highest BCUT2D eigenvalue weighted by atomic mass is 14.9. The van der Waals surface area contributed by atoms with E-state index in [9.17, 15) is 0 Å². The molecular weight excluding hydrogens is 326 g/mol. The van der Waals surface area contributed by atoms with Crippen molar-refractivity contribution in [1.82, 2.24) is 0 Å². The smallest absolute Gasteiger partial charge is 0.171 e. The fourth-order valence-electron chi connectivity index (χ4n) is 3.54. The van der Waals surface area contributed by atoms with Gasteiger partial charge < -0.3 is 0 Å². The fourth-order valence-corrected chi connectivity index (χ4v) is 3.54. The Hall–Kier alpha value is -2.41. The number of rotatable bonds is 10. The quantitative estimate of drug-likeness (QED) is 0.292. The van der Waals surface area contributed by atoms with Crippen LogP contribution in [-0.2, 0) is 19.4 Å². The molecular formula is C26H32N+. The molecule has 0 fully saturated rings. The lowest BCUT2D eigenvalue weighted by atomic mass is 10.0. The summed E-state index contributed by atoms with van der Waals surface area (Å²) in [5, 5.41) is 0. The van der Waals surface area contributed by atoms with Gasteiger partial charge in [-0.1, -0.05) is 67.9 Å². The van der Waals surface area contributed by atoms with Gasteiger partial charge in [-0.25, -0.2) is 4.57 Å². The Kier molecular flexibility index (Phi) is 7.65. The Bertz CT molecular complexity index is 790. The van der Waals surface area contributed by atoms with Crippen molar-refractivity contribution >= 4 is 0 Å². The van der Waals surface area contributed by atoms with Gasteiger partial charge in [-0.2, -0.15) is 0 Å². The lowest BCUT2D eigenvalue weighted by molar-refractivity contribution is -0.697. The minimum Gasteiger partial charge on any atom is -0.205 e. The van der Waals surface area contributed by atoms with Crippen molar-refractivity contribution in [2.24, 2.45) is 0 Å². The summed E-state index contributed by atoms with van der Waals surface area (Å²) in [5.41, 5.74) is 5.52. The number of nitrogens with zero attached hydrogens (tertiary/aromatic N) is 1. The zero-order valence-corrected chi connectivity index (χ0v) is 16.6. The van der Waals surface area contributed by atoms with Crippen molar-refractivity contribution in [1.29, 1.82) is 0 Å². The zero-order valence-electron chi connectivity index (χ0n) is 16.6. The molecule has 0 amide bonds. The maximum absolute atomic E-state index is 2.36. The van der Waals surface area contributed by atoms with Crippen molar-refractivity contribution in [3.63, 3.8) is 0 Å². The van der Waals surface area contributed by atoms with Gasteiger partial charge in [0.05, 0.1) is 0 Å². The Balaban J connectivity index is 1.39. The second kappa shape index (κ2) is 10.7. The van der Waals surface area contributed by atoms with Crippen LogP contribution < -0.4 is 4.57 Å². The van der Waals surface area contributed by atoms with E-state index in [-0.39, 0.29) is 0 Å². The lowest BCUT2D eigenvalue weighted by Crippen LogP contribution is -2.33. The molecule has 1 nitrogen and oxygen atoms in total. The Morgan fingerprint density at radius 1 is 0.630 bits per heavy atom. The molecule has 0 spiro atoms. The van der Waals surface area contributed by atoms with E-state index in [4.69, 9.17) is 0 Å². The fraction of sp³-hybridized carbons (Fsp3) is 0.346. The zero-order chi connectivity index (χ0) is 18.7. The van der Waals surface area contributed by atoms with Gasteiger partial charge in [0, 0.05) is 18.1 Å². The van der Waals surface area contributed by atoms with E-state index in [0.29, 0.717) is 0 Å². The van der Waals surface area contributed by atoms with Gasteiger partial charge in [0.25, 0.3) is 0 Å². The van der Waals surface area contributed by atoms with E-state index in [1.54, 1.807) is 0 Å². The first-order chi connectivity index (χ1) is 13.3. The minimum atomic E-state index is 1.13. The summed E-state index contributed by atoms with van der Waals surface area (Å²) in [7, 11) is 0. The van der Waals surface area contributed by atoms with E-state index >= 15 is 0 Å². The molecule has 0 N–H and O–H groups in total. The third-order valence-corrected chi connectivity index (χ3v) is 5.18. The molecule has 0 aliphatic rings. The molecule has 0 saturated heterocycles. The highest BCUT2D eigenvalue weighted by Gasteiger charge is 2.03. The van der Waals surface area contributed by atoms with Gasteiger partial charge >= 0.3 is 0 Å².